The molecule has 6 nitrogen and oxygen atoms in total. The molecule has 1 atom stereocenters. The van der Waals surface area contributed by atoms with Gasteiger partial charge in [-0.05, 0) is 48.8 Å². The molecule has 0 radical (unpaired) electrons. The minimum Gasteiger partial charge on any atom is -0.341 e. The molecule has 0 N–H and O–H groups in total. The van der Waals surface area contributed by atoms with E-state index >= 15 is 0 Å². The smallest absolute Gasteiger partial charge is 0.246 e. The SMILES string of the molecule is O=C(C1CCN(c2ncc(F)cn2)CC1)N1N=CCC1c1ccc2c(c1)CCC2. The fourth-order valence-electron chi connectivity index (χ4n) is 4.68. The van der Waals surface area contributed by atoms with E-state index in [2.05, 4.69) is 33.3 Å². The van der Waals surface area contributed by atoms with Crippen LogP contribution in [-0.4, -0.2) is 40.2 Å². The highest BCUT2D eigenvalue weighted by Gasteiger charge is 2.35. The molecule has 0 spiro atoms. The van der Waals surface area contributed by atoms with E-state index < -0.39 is 5.82 Å². The van der Waals surface area contributed by atoms with Crippen molar-refractivity contribution in [2.24, 2.45) is 11.0 Å². The van der Waals surface area contributed by atoms with Gasteiger partial charge in [0.1, 0.15) is 0 Å². The number of aryl methyl sites for hydroxylation is 2. The van der Waals surface area contributed by atoms with Crippen LogP contribution >= 0.6 is 0 Å². The predicted molar refractivity (Wildman–Crippen MR) is 108 cm³/mol. The Hall–Kier alpha value is -2.83. The van der Waals surface area contributed by atoms with Gasteiger partial charge in [-0.3, -0.25) is 4.79 Å². The minimum absolute atomic E-state index is 0.00635. The lowest BCUT2D eigenvalue weighted by Crippen LogP contribution is -2.41. The average molecular weight is 393 g/mol. The van der Waals surface area contributed by atoms with Gasteiger partial charge in [0.25, 0.3) is 0 Å². The summed E-state index contributed by atoms with van der Waals surface area (Å²) in [6, 6.07) is 6.67. The Morgan fingerprint density at radius 3 is 2.62 bits per heavy atom. The molecule has 1 saturated heterocycles. The van der Waals surface area contributed by atoms with E-state index in [0.29, 0.717) is 19.0 Å². The number of amides is 1. The highest BCUT2D eigenvalue weighted by Crippen LogP contribution is 2.34. The fraction of sp³-hybridized carbons (Fsp3) is 0.455. The summed E-state index contributed by atoms with van der Waals surface area (Å²) in [6.45, 7) is 1.37. The number of aromatic nitrogens is 2. The number of anilines is 1. The van der Waals surface area contributed by atoms with Crippen LogP contribution in [0.3, 0.4) is 0 Å². The lowest BCUT2D eigenvalue weighted by Gasteiger charge is -2.33. The lowest BCUT2D eigenvalue weighted by atomic mass is 9.94. The maximum absolute atomic E-state index is 13.2. The van der Waals surface area contributed by atoms with E-state index in [9.17, 15) is 9.18 Å². The van der Waals surface area contributed by atoms with Crippen molar-refractivity contribution in [1.29, 1.82) is 0 Å². The molecule has 0 bridgehead atoms. The van der Waals surface area contributed by atoms with Gasteiger partial charge >= 0.3 is 0 Å². The zero-order chi connectivity index (χ0) is 19.8. The number of piperidine rings is 1. The van der Waals surface area contributed by atoms with Gasteiger partial charge in [0.15, 0.2) is 5.82 Å². The molecule has 1 aromatic heterocycles. The molecule has 0 saturated carbocycles. The number of benzene rings is 1. The van der Waals surface area contributed by atoms with Crippen molar-refractivity contribution in [3.8, 4) is 0 Å². The van der Waals surface area contributed by atoms with Crippen LogP contribution in [0.1, 0.15) is 48.4 Å². The monoisotopic (exact) mass is 393 g/mol. The summed E-state index contributed by atoms with van der Waals surface area (Å²) >= 11 is 0. The summed E-state index contributed by atoms with van der Waals surface area (Å²) in [5.41, 5.74) is 4.06. The van der Waals surface area contributed by atoms with Gasteiger partial charge in [-0.25, -0.2) is 19.4 Å². The lowest BCUT2D eigenvalue weighted by molar-refractivity contribution is -0.138. The molecule has 150 valence electrons. The maximum Gasteiger partial charge on any atom is 0.246 e. The summed E-state index contributed by atoms with van der Waals surface area (Å²) in [5.74, 6) is 0.124. The van der Waals surface area contributed by atoms with Gasteiger partial charge < -0.3 is 4.90 Å². The molecule has 2 aromatic rings. The summed E-state index contributed by atoms with van der Waals surface area (Å²) in [7, 11) is 0. The van der Waals surface area contributed by atoms with Gasteiger partial charge in [0, 0.05) is 31.6 Å². The molecule has 1 aromatic carbocycles. The first-order valence-electron chi connectivity index (χ1n) is 10.4. The third kappa shape index (κ3) is 3.50. The molecular formula is C22H24FN5O. The quantitative estimate of drug-likeness (QED) is 0.803. The molecule has 1 amide bonds. The third-order valence-corrected chi connectivity index (χ3v) is 6.30. The predicted octanol–water partition coefficient (Wildman–Crippen LogP) is 3.28. The number of halogens is 1. The molecular weight excluding hydrogens is 369 g/mol. The molecule has 2 aliphatic heterocycles. The first-order valence-corrected chi connectivity index (χ1v) is 10.4. The summed E-state index contributed by atoms with van der Waals surface area (Å²) in [5, 5.41) is 6.13. The standard InChI is InChI=1S/C22H24FN5O/c23-19-13-24-22(25-14-19)27-10-7-16(8-11-27)21(29)28-20(6-9-26-28)18-5-4-15-2-1-3-17(15)12-18/h4-5,9,12-14,16,20H,1-3,6-8,10-11H2. The second-order valence-electron chi connectivity index (χ2n) is 8.08. The zero-order valence-electron chi connectivity index (χ0n) is 16.3. The van der Waals surface area contributed by atoms with Crippen LogP contribution in [0.25, 0.3) is 0 Å². The molecule has 1 aliphatic carbocycles. The Morgan fingerprint density at radius 1 is 1.07 bits per heavy atom. The van der Waals surface area contributed by atoms with E-state index in [0.717, 1.165) is 32.1 Å². The average Bonchev–Trinajstić information content (AvgIpc) is 3.43. The van der Waals surface area contributed by atoms with Crippen LogP contribution in [0.15, 0.2) is 35.7 Å². The number of hydrazone groups is 1. The number of carbonyl (C=O) groups is 1. The van der Waals surface area contributed by atoms with Crippen LogP contribution in [0.5, 0.6) is 0 Å². The Morgan fingerprint density at radius 2 is 1.83 bits per heavy atom. The van der Waals surface area contributed by atoms with E-state index in [-0.39, 0.29) is 17.9 Å². The molecule has 3 heterocycles. The minimum atomic E-state index is -0.441. The Kier molecular flexibility index (Phi) is 4.73. The Balaban J connectivity index is 1.25. The van der Waals surface area contributed by atoms with Gasteiger partial charge in [0.2, 0.25) is 11.9 Å². The van der Waals surface area contributed by atoms with Crippen LogP contribution < -0.4 is 4.90 Å². The van der Waals surface area contributed by atoms with Crippen molar-refractivity contribution in [1.82, 2.24) is 15.0 Å². The molecule has 5 rings (SSSR count). The highest BCUT2D eigenvalue weighted by atomic mass is 19.1. The molecule has 1 unspecified atom stereocenters. The van der Waals surface area contributed by atoms with Gasteiger partial charge in [0.05, 0.1) is 18.4 Å². The summed E-state index contributed by atoms with van der Waals surface area (Å²) in [4.78, 5) is 23.3. The highest BCUT2D eigenvalue weighted by molar-refractivity contribution is 5.82. The second kappa shape index (κ2) is 7.54. The third-order valence-electron chi connectivity index (χ3n) is 6.30. The number of fused-ring (bicyclic) bond motifs is 1. The van der Waals surface area contributed by atoms with Crippen LogP contribution in [0.4, 0.5) is 10.3 Å². The number of nitrogens with zero attached hydrogens (tertiary/aromatic N) is 5. The first kappa shape index (κ1) is 18.2. The first-order chi connectivity index (χ1) is 14.2. The zero-order valence-corrected chi connectivity index (χ0v) is 16.3. The van der Waals surface area contributed by atoms with Crippen molar-refractivity contribution >= 4 is 18.1 Å². The Bertz CT molecular complexity index is 937. The number of hydrogen-bond acceptors (Lipinski definition) is 5. The van der Waals surface area contributed by atoms with Crippen molar-refractivity contribution < 1.29 is 9.18 Å². The number of rotatable bonds is 3. The topological polar surface area (TPSA) is 61.7 Å². The van der Waals surface area contributed by atoms with Crippen LogP contribution in [0, 0.1) is 11.7 Å². The molecule has 1 fully saturated rings. The van der Waals surface area contributed by atoms with Gasteiger partial charge in [-0.2, -0.15) is 5.10 Å². The summed E-state index contributed by atoms with van der Waals surface area (Å²) < 4.78 is 13.0. The maximum atomic E-state index is 13.2. The Labute approximate surface area is 169 Å². The fourth-order valence-corrected chi connectivity index (χ4v) is 4.68. The van der Waals surface area contributed by atoms with Crippen molar-refractivity contribution in [2.75, 3.05) is 18.0 Å². The van der Waals surface area contributed by atoms with E-state index in [1.807, 2.05) is 11.1 Å². The van der Waals surface area contributed by atoms with Crippen molar-refractivity contribution in [3.05, 3.63) is 53.1 Å². The second-order valence-corrected chi connectivity index (χ2v) is 8.08. The molecule has 3 aliphatic rings. The van der Waals surface area contributed by atoms with Crippen molar-refractivity contribution in [2.45, 2.75) is 44.6 Å². The van der Waals surface area contributed by atoms with Crippen LogP contribution in [0.2, 0.25) is 0 Å². The van der Waals surface area contributed by atoms with Crippen LogP contribution in [-0.2, 0) is 17.6 Å². The summed E-state index contributed by atoms with van der Waals surface area (Å²) in [6.07, 6.45) is 9.96. The van der Waals surface area contributed by atoms with E-state index in [1.54, 1.807) is 5.01 Å². The number of carbonyl (C=O) groups excluding carboxylic acids is 1. The van der Waals surface area contributed by atoms with E-state index in [1.165, 1.54) is 35.5 Å². The van der Waals surface area contributed by atoms with E-state index in [4.69, 9.17) is 0 Å². The van der Waals surface area contributed by atoms with Gasteiger partial charge in [-0.1, -0.05) is 18.2 Å². The largest absolute Gasteiger partial charge is 0.341 e. The number of hydrogen-bond donors (Lipinski definition) is 0. The van der Waals surface area contributed by atoms with Crippen molar-refractivity contribution in [3.63, 3.8) is 0 Å². The molecule has 7 heteroatoms. The normalized spacial score (nSPS) is 21.6. The molecule has 29 heavy (non-hydrogen) atoms. The van der Waals surface area contributed by atoms with Gasteiger partial charge in [-0.15, -0.1) is 0 Å².